The molecule has 0 aromatic carbocycles. The van der Waals surface area contributed by atoms with Crippen molar-refractivity contribution >= 4 is 11.8 Å². The van der Waals surface area contributed by atoms with Crippen LogP contribution in [0.2, 0.25) is 0 Å². The summed E-state index contributed by atoms with van der Waals surface area (Å²) >= 11 is 0. The van der Waals surface area contributed by atoms with Crippen molar-refractivity contribution in [3.63, 3.8) is 0 Å². The molecular weight excluding hydrogens is 288 g/mol. The van der Waals surface area contributed by atoms with Gasteiger partial charge in [-0.1, -0.05) is 32.6 Å². The van der Waals surface area contributed by atoms with E-state index in [2.05, 4.69) is 6.92 Å². The van der Waals surface area contributed by atoms with Gasteiger partial charge in [-0.25, -0.2) is 0 Å². The Balaban J connectivity index is 2.51. The molecule has 0 fully saturated rings. The second-order valence-corrected chi connectivity index (χ2v) is 5.52. The van der Waals surface area contributed by atoms with Crippen LogP contribution in [0.15, 0.2) is 11.6 Å². The van der Waals surface area contributed by atoms with E-state index < -0.39 is 30.1 Å². The Kier molecular flexibility index (Phi) is 8.30. The topological polar surface area (TPSA) is 93.1 Å². The van der Waals surface area contributed by atoms with E-state index in [1.807, 2.05) is 0 Å². The molecule has 1 aliphatic carbocycles. The Morgan fingerprint density at radius 3 is 2.55 bits per heavy atom. The zero-order chi connectivity index (χ0) is 16.5. The molecule has 2 N–H and O–H groups in total. The lowest BCUT2D eigenvalue weighted by Gasteiger charge is -2.29. The number of esters is 1. The van der Waals surface area contributed by atoms with E-state index >= 15 is 0 Å². The molecule has 0 saturated heterocycles. The molecule has 6 heteroatoms. The number of Topliss-reactive ketones (excluding diaryl/α,β-unsaturated/α-hetero) is 1. The molecule has 0 bridgehead atoms. The summed E-state index contributed by atoms with van der Waals surface area (Å²) in [4.78, 5) is 22.6. The fourth-order valence-corrected chi connectivity index (χ4v) is 2.27. The van der Waals surface area contributed by atoms with Gasteiger partial charge in [0.25, 0.3) is 0 Å². The van der Waals surface area contributed by atoms with E-state index in [-0.39, 0.29) is 12.2 Å². The minimum Gasteiger partial charge on any atom is -0.461 e. The third-order valence-electron chi connectivity index (χ3n) is 3.60. The van der Waals surface area contributed by atoms with Crippen molar-refractivity contribution in [2.24, 2.45) is 0 Å². The first-order valence-electron chi connectivity index (χ1n) is 7.83. The van der Waals surface area contributed by atoms with E-state index in [1.165, 1.54) is 25.8 Å². The van der Waals surface area contributed by atoms with Gasteiger partial charge >= 0.3 is 5.97 Å². The molecule has 0 aromatic rings. The van der Waals surface area contributed by atoms with E-state index in [4.69, 9.17) is 9.47 Å². The van der Waals surface area contributed by atoms with E-state index in [1.54, 1.807) is 0 Å². The second-order valence-electron chi connectivity index (χ2n) is 5.52. The van der Waals surface area contributed by atoms with Crippen LogP contribution in [-0.4, -0.2) is 53.5 Å². The SMILES string of the molecule is CCCCCCCO[C@H]1C=C(COC(C)=O)C(=O)[C@H](O)[C@H]1O. The molecule has 3 atom stereocenters. The number of unbranched alkanes of at least 4 members (excludes halogenated alkanes) is 4. The van der Waals surface area contributed by atoms with Gasteiger partial charge in [-0.05, 0) is 12.5 Å². The van der Waals surface area contributed by atoms with Crippen LogP contribution >= 0.6 is 0 Å². The number of ether oxygens (including phenoxy) is 2. The van der Waals surface area contributed by atoms with Crippen molar-refractivity contribution in [3.8, 4) is 0 Å². The molecule has 0 aliphatic heterocycles. The summed E-state index contributed by atoms with van der Waals surface area (Å²) in [5, 5.41) is 19.7. The first-order chi connectivity index (χ1) is 10.5. The zero-order valence-corrected chi connectivity index (χ0v) is 13.3. The van der Waals surface area contributed by atoms with Crippen molar-refractivity contribution in [2.75, 3.05) is 13.2 Å². The minimum atomic E-state index is -1.54. The predicted molar refractivity (Wildman–Crippen MR) is 80.2 cm³/mol. The van der Waals surface area contributed by atoms with Gasteiger partial charge in [-0.3, -0.25) is 9.59 Å². The number of carbonyl (C=O) groups excluding carboxylic acids is 2. The van der Waals surface area contributed by atoms with Crippen molar-refractivity contribution in [1.82, 2.24) is 0 Å². The van der Waals surface area contributed by atoms with Crippen molar-refractivity contribution in [1.29, 1.82) is 0 Å². The number of hydrogen-bond acceptors (Lipinski definition) is 6. The molecule has 0 heterocycles. The number of rotatable bonds is 9. The van der Waals surface area contributed by atoms with Crippen LogP contribution in [0.4, 0.5) is 0 Å². The van der Waals surface area contributed by atoms with Crippen molar-refractivity contribution in [3.05, 3.63) is 11.6 Å². The Bertz CT molecular complexity index is 403. The van der Waals surface area contributed by atoms with Gasteiger partial charge in [0, 0.05) is 19.1 Å². The molecule has 1 rings (SSSR count). The van der Waals surface area contributed by atoms with Gasteiger partial charge in [-0.15, -0.1) is 0 Å². The summed E-state index contributed by atoms with van der Waals surface area (Å²) in [5.41, 5.74) is 0.156. The molecule has 22 heavy (non-hydrogen) atoms. The Labute approximate surface area is 131 Å². The van der Waals surface area contributed by atoms with Crippen LogP contribution in [0.3, 0.4) is 0 Å². The summed E-state index contributed by atoms with van der Waals surface area (Å²) in [7, 11) is 0. The predicted octanol–water partition coefficient (Wildman–Crippen LogP) is 1.14. The maximum Gasteiger partial charge on any atom is 0.302 e. The average Bonchev–Trinajstić information content (AvgIpc) is 2.49. The van der Waals surface area contributed by atoms with Crippen LogP contribution in [0.5, 0.6) is 0 Å². The third kappa shape index (κ3) is 5.87. The van der Waals surface area contributed by atoms with E-state index in [0.29, 0.717) is 6.61 Å². The summed E-state index contributed by atoms with van der Waals surface area (Å²) in [6.45, 7) is 3.62. The summed E-state index contributed by atoms with van der Waals surface area (Å²) in [5.74, 6) is -1.14. The zero-order valence-electron chi connectivity index (χ0n) is 13.3. The summed E-state index contributed by atoms with van der Waals surface area (Å²) in [6, 6.07) is 0. The molecule has 6 nitrogen and oxygen atoms in total. The smallest absolute Gasteiger partial charge is 0.302 e. The molecule has 1 aliphatic rings. The quantitative estimate of drug-likeness (QED) is 0.489. The van der Waals surface area contributed by atoms with E-state index in [9.17, 15) is 19.8 Å². The molecule has 0 radical (unpaired) electrons. The monoisotopic (exact) mass is 314 g/mol. The lowest BCUT2D eigenvalue weighted by Crippen LogP contribution is -2.47. The highest BCUT2D eigenvalue weighted by Gasteiger charge is 2.37. The van der Waals surface area contributed by atoms with Crippen LogP contribution in [0.1, 0.15) is 46.0 Å². The van der Waals surface area contributed by atoms with Crippen LogP contribution in [0, 0.1) is 0 Å². The normalized spacial score (nSPS) is 25.0. The van der Waals surface area contributed by atoms with Gasteiger partial charge in [0.1, 0.15) is 24.9 Å². The average molecular weight is 314 g/mol. The minimum absolute atomic E-state index is 0.156. The number of aliphatic hydroxyl groups excluding tert-OH is 2. The van der Waals surface area contributed by atoms with E-state index in [0.717, 1.165) is 19.3 Å². The Morgan fingerprint density at radius 1 is 1.23 bits per heavy atom. The fraction of sp³-hybridized carbons (Fsp3) is 0.750. The number of aliphatic hydroxyl groups is 2. The van der Waals surface area contributed by atoms with Crippen molar-refractivity contribution < 1.29 is 29.3 Å². The number of hydrogen-bond donors (Lipinski definition) is 2. The molecule has 0 saturated carbocycles. The molecular formula is C16H26O6. The largest absolute Gasteiger partial charge is 0.461 e. The van der Waals surface area contributed by atoms with Gasteiger partial charge in [0.15, 0.2) is 5.78 Å². The molecule has 0 amide bonds. The summed E-state index contributed by atoms with van der Waals surface area (Å²) < 4.78 is 10.3. The van der Waals surface area contributed by atoms with Gasteiger partial charge in [0.2, 0.25) is 0 Å². The molecule has 0 unspecified atom stereocenters. The van der Waals surface area contributed by atoms with Crippen molar-refractivity contribution in [2.45, 2.75) is 64.3 Å². The van der Waals surface area contributed by atoms with Crippen LogP contribution in [-0.2, 0) is 19.1 Å². The Morgan fingerprint density at radius 2 is 1.91 bits per heavy atom. The highest BCUT2D eigenvalue weighted by atomic mass is 16.5. The standard InChI is InChI=1S/C16H26O6/c1-3-4-5-6-7-8-21-13-9-12(10-22-11(2)17)14(18)16(20)15(13)19/h9,13,15-16,19-20H,3-8,10H2,1-2H3/t13-,15-,16-/m0/s1. The van der Waals surface area contributed by atoms with Gasteiger partial charge in [-0.2, -0.15) is 0 Å². The highest BCUT2D eigenvalue weighted by Crippen LogP contribution is 2.20. The highest BCUT2D eigenvalue weighted by molar-refractivity contribution is 6.00. The molecule has 0 aromatic heterocycles. The second kappa shape index (κ2) is 9.71. The number of carbonyl (C=O) groups is 2. The van der Waals surface area contributed by atoms with Crippen LogP contribution < -0.4 is 0 Å². The molecule has 0 spiro atoms. The third-order valence-corrected chi connectivity index (χ3v) is 3.60. The first-order valence-corrected chi connectivity index (χ1v) is 7.83. The lowest BCUT2D eigenvalue weighted by atomic mass is 9.91. The lowest BCUT2D eigenvalue weighted by molar-refractivity contribution is -0.143. The van der Waals surface area contributed by atoms with Crippen LogP contribution in [0.25, 0.3) is 0 Å². The molecule has 126 valence electrons. The maximum absolute atomic E-state index is 11.8. The van der Waals surface area contributed by atoms with Gasteiger partial charge < -0.3 is 19.7 Å². The van der Waals surface area contributed by atoms with Gasteiger partial charge in [0.05, 0.1) is 0 Å². The summed E-state index contributed by atoms with van der Waals surface area (Å²) in [6.07, 6.45) is 3.25. The number of ketones is 1. The first kappa shape index (κ1) is 18.8. The maximum atomic E-state index is 11.8. The fourth-order valence-electron chi connectivity index (χ4n) is 2.27. The Hall–Kier alpha value is -1.24.